The smallest absolute Gasteiger partial charge is 0.410 e. The third-order valence-corrected chi connectivity index (χ3v) is 15.4. The van der Waals surface area contributed by atoms with Crippen LogP contribution in [0.15, 0.2) is 121 Å². The van der Waals surface area contributed by atoms with Crippen LogP contribution in [0.5, 0.6) is 11.5 Å². The molecule has 0 aliphatic rings. The minimum absolute atomic E-state index is 0.104. The van der Waals surface area contributed by atoms with Crippen molar-refractivity contribution < 1.29 is 31.8 Å². The number of fused-ring (bicyclic) bond motifs is 3. The summed E-state index contributed by atoms with van der Waals surface area (Å²) in [6.45, 7) is 7.37. The monoisotopic (exact) mass is 793 g/mol. The molecule has 0 spiro atoms. The van der Waals surface area contributed by atoms with E-state index < -0.39 is 30.5 Å². The van der Waals surface area contributed by atoms with Crippen molar-refractivity contribution >= 4 is 51.9 Å². The van der Waals surface area contributed by atoms with Gasteiger partial charge in [-0.2, -0.15) is 0 Å². The molecule has 0 radical (unpaired) electrons. The number of carbonyl (C=O) groups excluding carboxylic acids is 1. The number of nitrogens with one attached hydrogen (secondary N) is 2. The maximum atomic E-state index is 14.0. The molecule has 10 nitrogen and oxygen atoms in total. The number of hydrogen-bond acceptors (Lipinski definition) is 7. The van der Waals surface area contributed by atoms with Gasteiger partial charge < -0.3 is 28.5 Å². The van der Waals surface area contributed by atoms with E-state index in [0.29, 0.717) is 22.7 Å². The van der Waals surface area contributed by atoms with Crippen LogP contribution >= 0.6 is 0 Å². The quantitative estimate of drug-likeness (QED) is 0.0784. The molecule has 0 aliphatic carbocycles. The topological polar surface area (TPSA) is 119 Å². The van der Waals surface area contributed by atoms with Gasteiger partial charge in [-0.15, -0.1) is 0 Å². The van der Waals surface area contributed by atoms with Crippen LogP contribution in [0.25, 0.3) is 21.8 Å². The van der Waals surface area contributed by atoms with Gasteiger partial charge in [0.25, 0.3) is 0 Å². The number of hydrogen-bond donors (Lipinski definition) is 2. The molecule has 12 heteroatoms. The molecular weight excluding hydrogens is 743 g/mol. The second-order valence-electron chi connectivity index (χ2n) is 14.0. The average Bonchev–Trinajstić information content (AvgIpc) is 3.58. The minimum Gasteiger partial charge on any atom is -0.492 e. The lowest BCUT2D eigenvalue weighted by Crippen LogP contribution is -2.43. The Hall–Kier alpha value is -5.30. The predicted octanol–water partition coefficient (Wildman–Crippen LogP) is 10.1. The van der Waals surface area contributed by atoms with Gasteiger partial charge in [0, 0.05) is 22.4 Å². The van der Waals surface area contributed by atoms with E-state index in [1.165, 1.54) is 0 Å². The fourth-order valence-corrected chi connectivity index (χ4v) is 10.2. The summed E-state index contributed by atoms with van der Waals surface area (Å²) in [4.78, 5) is 19.1. The zero-order chi connectivity index (χ0) is 39.5. The van der Waals surface area contributed by atoms with Gasteiger partial charge in [-0.05, 0) is 65.2 Å². The first kappa shape index (κ1) is 40.4. The van der Waals surface area contributed by atoms with Gasteiger partial charge in [-0.1, -0.05) is 106 Å². The number of aromatic nitrogens is 1. The molecule has 1 heterocycles. The van der Waals surface area contributed by atoms with E-state index in [-0.39, 0.29) is 32.9 Å². The molecule has 0 saturated heterocycles. The molecule has 5 aromatic carbocycles. The molecule has 0 bridgehead atoms. The number of H-pyrrole nitrogens is 1. The number of benzene rings is 5. The van der Waals surface area contributed by atoms with E-state index in [4.69, 9.17) is 18.6 Å². The number of rotatable bonds is 19. The summed E-state index contributed by atoms with van der Waals surface area (Å²) >= 11 is 0. The normalized spacial score (nSPS) is 12.4. The van der Waals surface area contributed by atoms with Gasteiger partial charge in [-0.25, -0.2) is 13.2 Å². The van der Waals surface area contributed by atoms with Crippen LogP contribution in [0.1, 0.15) is 43.6 Å². The zero-order valence-corrected chi connectivity index (χ0v) is 34.3. The van der Waals surface area contributed by atoms with Crippen LogP contribution in [0.4, 0.5) is 10.5 Å². The van der Waals surface area contributed by atoms with E-state index >= 15 is 0 Å². The number of para-hydroxylation sites is 1. The highest BCUT2D eigenvalue weighted by Gasteiger charge is 2.35. The SMILES string of the molecule is CC[Si](CC)(CC)OC(CN(CCOc1ccc2c(c1)[nH]c1ccccc12)C(=O)OCc1ccccc1)c1ccc(OCc2ccccc2)c(NS(C)(=O)=O)c1. The molecule has 1 unspecified atom stereocenters. The first-order valence-electron chi connectivity index (χ1n) is 19.1. The van der Waals surface area contributed by atoms with Crippen LogP contribution in [-0.2, 0) is 32.4 Å². The Morgan fingerprint density at radius 2 is 1.39 bits per heavy atom. The first-order valence-corrected chi connectivity index (χ1v) is 23.6. The van der Waals surface area contributed by atoms with Crippen LogP contribution in [0.3, 0.4) is 0 Å². The molecule has 56 heavy (non-hydrogen) atoms. The summed E-state index contributed by atoms with van der Waals surface area (Å²) in [6.07, 6.45) is 0.000949. The fourth-order valence-electron chi connectivity index (χ4n) is 6.87. The molecular formula is C44H51N3O7SSi. The number of sulfonamides is 1. The Labute approximate surface area is 330 Å². The minimum atomic E-state index is -3.67. The second kappa shape index (κ2) is 18.6. The highest BCUT2D eigenvalue weighted by atomic mass is 32.2. The van der Waals surface area contributed by atoms with Gasteiger partial charge in [0.1, 0.15) is 31.3 Å². The van der Waals surface area contributed by atoms with E-state index in [9.17, 15) is 13.2 Å². The maximum absolute atomic E-state index is 14.0. The molecule has 1 amide bonds. The fraction of sp³-hybridized carbons (Fsp3) is 0.295. The van der Waals surface area contributed by atoms with Gasteiger partial charge in [0.05, 0.1) is 36.7 Å². The average molecular weight is 794 g/mol. The summed E-state index contributed by atoms with van der Waals surface area (Å²) in [5.74, 6) is 1.05. The van der Waals surface area contributed by atoms with Crippen LogP contribution in [-0.4, -0.2) is 58.7 Å². The maximum Gasteiger partial charge on any atom is 0.410 e. The Morgan fingerprint density at radius 1 is 0.750 bits per heavy atom. The van der Waals surface area contributed by atoms with Gasteiger partial charge in [-0.3, -0.25) is 4.72 Å². The van der Waals surface area contributed by atoms with Crippen molar-refractivity contribution in [3.63, 3.8) is 0 Å². The second-order valence-corrected chi connectivity index (χ2v) is 20.4. The van der Waals surface area contributed by atoms with Gasteiger partial charge >= 0.3 is 6.09 Å². The molecule has 0 saturated carbocycles. The van der Waals surface area contributed by atoms with E-state index in [1.807, 2.05) is 103 Å². The number of ether oxygens (including phenoxy) is 3. The number of aromatic amines is 1. The van der Waals surface area contributed by atoms with Crippen molar-refractivity contribution in [2.45, 2.75) is 58.2 Å². The van der Waals surface area contributed by atoms with Crippen molar-refractivity contribution in [3.8, 4) is 11.5 Å². The molecule has 6 rings (SSSR count). The predicted molar refractivity (Wildman–Crippen MR) is 226 cm³/mol. The standard InChI is InChI=1S/C44H51N3O7SSi/c1-5-56(6-2,7-3)54-43(35-22-25-42(41(28-35)46-55(4,49)50)52-31-33-16-10-8-11-17-33)30-47(44(48)53-32-34-18-12-9-13-19-34)26-27-51-36-23-24-38-37-20-14-15-21-39(37)45-40(38)29-36/h8-25,28-29,43,45-46H,5-7,26-27,30-32H2,1-4H3. The van der Waals surface area contributed by atoms with Crippen LogP contribution < -0.4 is 14.2 Å². The van der Waals surface area contributed by atoms with Crippen molar-refractivity contribution in [2.24, 2.45) is 0 Å². The summed E-state index contributed by atoms with van der Waals surface area (Å²) in [5, 5.41) is 2.25. The van der Waals surface area contributed by atoms with E-state index in [0.717, 1.165) is 57.3 Å². The van der Waals surface area contributed by atoms with Crippen molar-refractivity contribution in [3.05, 3.63) is 138 Å². The zero-order valence-electron chi connectivity index (χ0n) is 32.5. The molecule has 1 atom stereocenters. The van der Waals surface area contributed by atoms with Crippen molar-refractivity contribution in [1.29, 1.82) is 0 Å². The number of anilines is 1. The number of nitrogens with zero attached hydrogens (tertiary/aromatic N) is 1. The third-order valence-electron chi connectivity index (χ3n) is 10.2. The van der Waals surface area contributed by atoms with E-state index in [1.54, 1.807) is 17.0 Å². The van der Waals surface area contributed by atoms with Gasteiger partial charge in [0.15, 0.2) is 8.32 Å². The molecule has 0 fully saturated rings. The summed E-state index contributed by atoms with van der Waals surface area (Å²) in [5.41, 5.74) is 4.83. The Bertz CT molecular complexity index is 2310. The largest absolute Gasteiger partial charge is 0.492 e. The lowest BCUT2D eigenvalue weighted by molar-refractivity contribution is 0.0665. The van der Waals surface area contributed by atoms with Crippen LogP contribution in [0, 0.1) is 0 Å². The molecule has 294 valence electrons. The highest BCUT2D eigenvalue weighted by molar-refractivity contribution is 7.92. The van der Waals surface area contributed by atoms with Crippen molar-refractivity contribution in [1.82, 2.24) is 9.88 Å². The summed E-state index contributed by atoms with van der Waals surface area (Å²) in [6, 6.07) is 41.4. The van der Waals surface area contributed by atoms with Crippen LogP contribution in [0.2, 0.25) is 18.1 Å². The molecule has 0 aliphatic heterocycles. The first-order chi connectivity index (χ1) is 27.1. The summed E-state index contributed by atoms with van der Waals surface area (Å²) < 4.78 is 53.3. The molecule has 6 aromatic rings. The lowest BCUT2D eigenvalue weighted by Gasteiger charge is -2.36. The Kier molecular flexibility index (Phi) is 13.4. The Balaban J connectivity index is 1.29. The number of carbonyl (C=O) groups is 1. The van der Waals surface area contributed by atoms with Crippen molar-refractivity contribution in [2.75, 3.05) is 30.7 Å². The third kappa shape index (κ3) is 10.5. The summed E-state index contributed by atoms with van der Waals surface area (Å²) in [7, 11) is -5.95. The number of amides is 1. The highest BCUT2D eigenvalue weighted by Crippen LogP contribution is 2.36. The molecule has 2 N–H and O–H groups in total. The molecule has 1 aromatic heterocycles. The lowest BCUT2D eigenvalue weighted by atomic mass is 10.1. The van der Waals surface area contributed by atoms with E-state index in [2.05, 4.69) is 36.5 Å². The Morgan fingerprint density at radius 3 is 2.07 bits per heavy atom. The van der Waals surface area contributed by atoms with Gasteiger partial charge in [0.2, 0.25) is 10.0 Å².